The Labute approximate surface area is 314 Å². The van der Waals surface area contributed by atoms with E-state index in [9.17, 15) is 0 Å². The number of ether oxygens (including phenoxy) is 2. The van der Waals surface area contributed by atoms with Crippen LogP contribution in [0, 0.1) is 13.8 Å². The average molecular weight is 707 g/mol. The van der Waals surface area contributed by atoms with E-state index < -0.39 is 0 Å². The number of nitrogens with zero attached hydrogens (tertiary/aromatic N) is 2. The van der Waals surface area contributed by atoms with Crippen molar-refractivity contribution in [3.63, 3.8) is 0 Å². The molecule has 9 rings (SSSR count). The maximum absolute atomic E-state index is 6.37. The zero-order valence-electron chi connectivity index (χ0n) is 30.1. The summed E-state index contributed by atoms with van der Waals surface area (Å²) < 4.78 is 13.9. The van der Waals surface area contributed by atoms with E-state index in [4.69, 9.17) is 14.5 Å². The third kappa shape index (κ3) is 6.24. The molecule has 1 heterocycles. The number of hydrogen-bond acceptors (Lipinski definition) is 5. The molecule has 0 fully saturated rings. The van der Waals surface area contributed by atoms with Gasteiger partial charge in [-0.25, -0.2) is 4.98 Å². The van der Waals surface area contributed by atoms with Gasteiger partial charge in [-0.1, -0.05) is 91.7 Å². The lowest BCUT2D eigenvalue weighted by atomic mass is 9.82. The Morgan fingerprint density at radius 3 is 1.66 bits per heavy atom. The van der Waals surface area contributed by atoms with Crippen LogP contribution >= 0.6 is 11.3 Å². The molecule has 7 aromatic carbocycles. The van der Waals surface area contributed by atoms with Gasteiger partial charge in [-0.3, -0.25) is 0 Å². The van der Waals surface area contributed by atoms with E-state index in [1.54, 1.807) is 11.3 Å². The van der Waals surface area contributed by atoms with Crippen molar-refractivity contribution >= 4 is 38.6 Å². The van der Waals surface area contributed by atoms with Gasteiger partial charge in [-0.2, -0.15) is 0 Å². The molecular weight excluding hydrogens is 669 g/mol. The molecule has 0 aliphatic heterocycles. The van der Waals surface area contributed by atoms with Crippen LogP contribution in [0.15, 0.2) is 158 Å². The molecule has 0 saturated heterocycles. The third-order valence-corrected chi connectivity index (χ3v) is 11.2. The molecule has 1 aromatic heterocycles. The number of benzene rings is 7. The van der Waals surface area contributed by atoms with Crippen LogP contribution in [0.25, 0.3) is 31.9 Å². The first kappa shape index (κ1) is 32.7. The minimum Gasteiger partial charge on any atom is -0.457 e. The molecule has 0 N–H and O–H groups in total. The highest BCUT2D eigenvalue weighted by atomic mass is 32.1. The van der Waals surface area contributed by atoms with Crippen molar-refractivity contribution < 1.29 is 9.47 Å². The fourth-order valence-electron chi connectivity index (χ4n) is 7.30. The molecule has 0 radical (unpaired) electrons. The molecular formula is C48H38N2O2S. The second-order valence-corrected chi connectivity index (χ2v) is 15.3. The van der Waals surface area contributed by atoms with Gasteiger partial charge >= 0.3 is 0 Å². The van der Waals surface area contributed by atoms with Gasteiger partial charge in [0.1, 0.15) is 28.0 Å². The standard InChI is InChI=1S/C48H38N2O2S/c1-31-15-21-37(22-16-31)51-39-11-7-9-34(28-39)50(35-10-8-12-40(29-35)52-38-23-17-32(2)18-24-38)36-20-26-42-41-25-19-33(27-43(41)48(3,4)44(42)30-36)47-49-45-13-5-6-14-46(45)53-47/h5-30H,1-4H3. The molecule has 0 spiro atoms. The number of fused-ring (bicyclic) bond motifs is 4. The molecule has 1 aliphatic rings. The molecule has 5 heteroatoms. The summed E-state index contributed by atoms with van der Waals surface area (Å²) >= 11 is 1.75. The topological polar surface area (TPSA) is 34.6 Å². The van der Waals surface area contributed by atoms with Crippen molar-refractivity contribution in [3.8, 4) is 44.7 Å². The van der Waals surface area contributed by atoms with Gasteiger partial charge in [0.25, 0.3) is 0 Å². The molecule has 8 aromatic rings. The Bertz CT molecular complexity index is 2500. The summed E-state index contributed by atoms with van der Waals surface area (Å²) in [6, 6.07) is 55.0. The van der Waals surface area contributed by atoms with E-state index in [2.05, 4.69) is 154 Å². The molecule has 0 saturated carbocycles. The summed E-state index contributed by atoms with van der Waals surface area (Å²) in [5.41, 5.74) is 12.5. The number of aryl methyl sites for hydroxylation is 2. The predicted molar refractivity (Wildman–Crippen MR) is 220 cm³/mol. The smallest absolute Gasteiger partial charge is 0.129 e. The maximum Gasteiger partial charge on any atom is 0.129 e. The Morgan fingerprint density at radius 2 is 1.06 bits per heavy atom. The van der Waals surface area contributed by atoms with Crippen molar-refractivity contribution in [2.24, 2.45) is 0 Å². The van der Waals surface area contributed by atoms with Crippen molar-refractivity contribution in [1.82, 2.24) is 4.98 Å². The van der Waals surface area contributed by atoms with Gasteiger partial charge in [0, 0.05) is 40.2 Å². The Balaban J connectivity index is 1.12. The Morgan fingerprint density at radius 1 is 0.509 bits per heavy atom. The van der Waals surface area contributed by atoms with E-state index >= 15 is 0 Å². The van der Waals surface area contributed by atoms with Crippen molar-refractivity contribution in [3.05, 3.63) is 180 Å². The normalized spacial score (nSPS) is 12.7. The zero-order chi connectivity index (χ0) is 36.1. The van der Waals surface area contributed by atoms with Gasteiger partial charge in [-0.05, 0) is 115 Å². The number of rotatable bonds is 8. The summed E-state index contributed by atoms with van der Waals surface area (Å²) in [5, 5.41) is 1.05. The number of para-hydroxylation sites is 1. The number of thiazole rings is 1. The van der Waals surface area contributed by atoms with Crippen LogP contribution in [0.4, 0.5) is 17.1 Å². The Hall–Kier alpha value is -6.17. The summed E-state index contributed by atoms with van der Waals surface area (Å²) in [4.78, 5) is 7.26. The Kier molecular flexibility index (Phi) is 8.09. The van der Waals surface area contributed by atoms with Gasteiger partial charge in [0.15, 0.2) is 0 Å². The van der Waals surface area contributed by atoms with E-state index in [0.29, 0.717) is 0 Å². The first-order chi connectivity index (χ1) is 25.8. The van der Waals surface area contributed by atoms with Crippen LogP contribution in [0.2, 0.25) is 0 Å². The quantitative estimate of drug-likeness (QED) is 0.158. The van der Waals surface area contributed by atoms with Crippen LogP contribution in [0.3, 0.4) is 0 Å². The van der Waals surface area contributed by atoms with Crippen molar-refractivity contribution in [1.29, 1.82) is 0 Å². The predicted octanol–water partition coefficient (Wildman–Crippen LogP) is 13.9. The summed E-state index contributed by atoms with van der Waals surface area (Å²) in [5.74, 6) is 3.13. The van der Waals surface area contributed by atoms with Gasteiger partial charge in [0.2, 0.25) is 0 Å². The van der Waals surface area contributed by atoms with Crippen LogP contribution in [0.1, 0.15) is 36.1 Å². The fourth-order valence-corrected chi connectivity index (χ4v) is 8.26. The average Bonchev–Trinajstić information content (AvgIpc) is 3.70. The van der Waals surface area contributed by atoms with Crippen molar-refractivity contribution in [2.75, 3.05) is 4.90 Å². The molecule has 4 nitrogen and oxygen atoms in total. The molecule has 0 amide bonds. The minimum absolute atomic E-state index is 0.230. The first-order valence-corrected chi connectivity index (χ1v) is 18.7. The van der Waals surface area contributed by atoms with Gasteiger partial charge in [-0.15, -0.1) is 11.3 Å². The number of anilines is 3. The van der Waals surface area contributed by atoms with Crippen LogP contribution < -0.4 is 14.4 Å². The molecule has 0 bridgehead atoms. The number of aromatic nitrogens is 1. The molecule has 0 atom stereocenters. The first-order valence-electron chi connectivity index (χ1n) is 17.9. The highest BCUT2D eigenvalue weighted by Gasteiger charge is 2.36. The summed E-state index contributed by atoms with van der Waals surface area (Å²) in [7, 11) is 0. The zero-order valence-corrected chi connectivity index (χ0v) is 30.9. The van der Waals surface area contributed by atoms with Gasteiger partial charge < -0.3 is 14.4 Å². The van der Waals surface area contributed by atoms with E-state index in [1.165, 1.54) is 38.1 Å². The van der Waals surface area contributed by atoms with Crippen LogP contribution in [-0.4, -0.2) is 4.98 Å². The summed E-state index contributed by atoms with van der Waals surface area (Å²) in [6.07, 6.45) is 0. The SMILES string of the molecule is Cc1ccc(Oc2cccc(N(c3cccc(Oc4ccc(C)cc4)c3)c3ccc4c(c3)C(C)(C)c3cc(-c5nc6ccccc6s5)ccc3-4)c2)cc1. The molecule has 53 heavy (non-hydrogen) atoms. The van der Waals surface area contributed by atoms with Gasteiger partial charge in [0.05, 0.1) is 10.2 Å². The highest BCUT2D eigenvalue weighted by Crippen LogP contribution is 2.52. The molecule has 258 valence electrons. The minimum atomic E-state index is -0.230. The maximum atomic E-state index is 6.37. The second kappa shape index (κ2) is 13.1. The third-order valence-electron chi connectivity index (χ3n) is 10.1. The second-order valence-electron chi connectivity index (χ2n) is 14.3. The lowest BCUT2D eigenvalue weighted by Crippen LogP contribution is -2.16. The van der Waals surface area contributed by atoms with Crippen LogP contribution in [0.5, 0.6) is 23.0 Å². The van der Waals surface area contributed by atoms with Crippen LogP contribution in [-0.2, 0) is 5.41 Å². The molecule has 0 unspecified atom stereocenters. The fraction of sp³-hybridized carbons (Fsp3) is 0.104. The van der Waals surface area contributed by atoms with E-state index in [-0.39, 0.29) is 5.41 Å². The van der Waals surface area contributed by atoms with E-state index in [0.717, 1.165) is 56.1 Å². The lowest BCUT2D eigenvalue weighted by Gasteiger charge is -2.28. The monoisotopic (exact) mass is 706 g/mol. The van der Waals surface area contributed by atoms with Crippen molar-refractivity contribution in [2.45, 2.75) is 33.1 Å². The highest BCUT2D eigenvalue weighted by molar-refractivity contribution is 7.21. The number of hydrogen-bond donors (Lipinski definition) is 0. The molecule has 1 aliphatic carbocycles. The van der Waals surface area contributed by atoms with E-state index in [1.807, 2.05) is 36.4 Å². The lowest BCUT2D eigenvalue weighted by molar-refractivity contribution is 0.482. The summed E-state index contributed by atoms with van der Waals surface area (Å²) in [6.45, 7) is 8.83. The largest absolute Gasteiger partial charge is 0.457 e.